The SMILES string of the molecule is COc1cccn(CC(=O)N2CCC[C@H]2c2nc(-c3ccccc3)no2)c1=O. The van der Waals surface area contributed by atoms with Crippen LogP contribution in [0.3, 0.4) is 0 Å². The molecule has 8 heteroatoms. The van der Waals surface area contributed by atoms with E-state index >= 15 is 0 Å². The van der Waals surface area contributed by atoms with Gasteiger partial charge in [0.1, 0.15) is 12.6 Å². The number of amides is 1. The number of aromatic nitrogens is 3. The summed E-state index contributed by atoms with van der Waals surface area (Å²) in [5.41, 5.74) is 0.523. The van der Waals surface area contributed by atoms with Crippen molar-refractivity contribution in [1.29, 1.82) is 0 Å². The molecule has 1 aliphatic heterocycles. The third-order valence-corrected chi connectivity index (χ3v) is 4.84. The number of nitrogens with zero attached hydrogens (tertiary/aromatic N) is 4. The van der Waals surface area contributed by atoms with E-state index in [9.17, 15) is 9.59 Å². The zero-order valence-corrected chi connectivity index (χ0v) is 15.4. The number of methoxy groups -OCH3 is 1. The molecule has 0 spiro atoms. The smallest absolute Gasteiger partial charge is 0.293 e. The van der Waals surface area contributed by atoms with Crippen LogP contribution in [-0.4, -0.2) is 39.2 Å². The molecule has 8 nitrogen and oxygen atoms in total. The first-order valence-corrected chi connectivity index (χ1v) is 9.09. The molecule has 1 saturated heterocycles. The molecule has 1 amide bonds. The monoisotopic (exact) mass is 380 g/mol. The van der Waals surface area contributed by atoms with Gasteiger partial charge in [0.05, 0.1) is 7.11 Å². The maximum absolute atomic E-state index is 12.9. The third kappa shape index (κ3) is 3.40. The fourth-order valence-electron chi connectivity index (χ4n) is 3.43. The highest BCUT2D eigenvalue weighted by Gasteiger charge is 2.34. The lowest BCUT2D eigenvalue weighted by Gasteiger charge is -2.22. The van der Waals surface area contributed by atoms with Crippen LogP contribution in [0.25, 0.3) is 11.4 Å². The predicted molar refractivity (Wildman–Crippen MR) is 101 cm³/mol. The standard InChI is InChI=1S/C20H20N4O4/c1-27-16-10-6-11-23(20(16)26)13-17(25)24-12-5-9-15(24)19-21-18(22-28-19)14-7-3-2-4-8-14/h2-4,6-8,10-11,15H,5,9,12-13H2,1H3/t15-/m0/s1. The molecule has 1 fully saturated rings. The summed E-state index contributed by atoms with van der Waals surface area (Å²) in [7, 11) is 1.43. The highest BCUT2D eigenvalue weighted by molar-refractivity contribution is 5.76. The second-order valence-corrected chi connectivity index (χ2v) is 6.58. The Kier molecular flexibility index (Phi) is 4.92. The highest BCUT2D eigenvalue weighted by Crippen LogP contribution is 2.32. The maximum atomic E-state index is 12.9. The average Bonchev–Trinajstić information content (AvgIpc) is 3.39. The number of carbonyl (C=O) groups is 1. The molecule has 0 bridgehead atoms. The molecule has 1 aromatic carbocycles. The molecule has 0 saturated carbocycles. The van der Waals surface area contributed by atoms with Crippen molar-refractivity contribution in [2.45, 2.75) is 25.4 Å². The molecule has 0 N–H and O–H groups in total. The summed E-state index contributed by atoms with van der Waals surface area (Å²) in [5, 5.41) is 4.05. The van der Waals surface area contributed by atoms with Gasteiger partial charge in [-0.2, -0.15) is 4.98 Å². The molecule has 1 atom stereocenters. The number of benzene rings is 1. The quantitative estimate of drug-likeness (QED) is 0.674. The number of hydrogen-bond acceptors (Lipinski definition) is 6. The molecule has 0 unspecified atom stereocenters. The van der Waals surface area contributed by atoms with E-state index < -0.39 is 0 Å². The second kappa shape index (κ2) is 7.67. The van der Waals surface area contributed by atoms with Gasteiger partial charge in [-0.3, -0.25) is 9.59 Å². The van der Waals surface area contributed by atoms with Crippen LogP contribution in [0.15, 0.2) is 58.0 Å². The lowest BCUT2D eigenvalue weighted by atomic mass is 10.2. The van der Waals surface area contributed by atoms with Crippen LogP contribution in [0.1, 0.15) is 24.8 Å². The van der Waals surface area contributed by atoms with Crippen LogP contribution in [0.5, 0.6) is 5.75 Å². The highest BCUT2D eigenvalue weighted by atomic mass is 16.5. The first kappa shape index (κ1) is 18.0. The molecule has 4 rings (SSSR count). The molecule has 2 aromatic heterocycles. The summed E-state index contributed by atoms with van der Waals surface area (Å²) in [6.45, 7) is 0.525. The van der Waals surface area contributed by atoms with Gasteiger partial charge < -0.3 is 18.7 Å². The Morgan fingerprint density at radius 2 is 2.07 bits per heavy atom. The van der Waals surface area contributed by atoms with E-state index in [1.165, 1.54) is 11.7 Å². The maximum Gasteiger partial charge on any atom is 0.293 e. The van der Waals surface area contributed by atoms with E-state index in [2.05, 4.69) is 10.1 Å². The Morgan fingerprint density at radius 1 is 1.25 bits per heavy atom. The number of ether oxygens (including phenoxy) is 1. The van der Waals surface area contributed by atoms with Gasteiger partial charge in [0.15, 0.2) is 5.75 Å². The van der Waals surface area contributed by atoms with Gasteiger partial charge in [0.25, 0.3) is 5.56 Å². The fraction of sp³-hybridized carbons (Fsp3) is 0.300. The molecular weight excluding hydrogens is 360 g/mol. The van der Waals surface area contributed by atoms with Crippen LogP contribution in [-0.2, 0) is 11.3 Å². The summed E-state index contributed by atoms with van der Waals surface area (Å²) in [6, 6.07) is 12.5. The van der Waals surface area contributed by atoms with Crippen molar-refractivity contribution in [1.82, 2.24) is 19.6 Å². The number of rotatable bonds is 5. The minimum atomic E-state index is -0.335. The minimum absolute atomic E-state index is 0.0633. The van der Waals surface area contributed by atoms with Crippen LogP contribution >= 0.6 is 0 Å². The van der Waals surface area contributed by atoms with E-state index in [4.69, 9.17) is 9.26 Å². The van der Waals surface area contributed by atoms with Crippen LogP contribution in [0.2, 0.25) is 0 Å². The Hall–Kier alpha value is -3.42. The lowest BCUT2D eigenvalue weighted by Crippen LogP contribution is -2.36. The first-order valence-electron chi connectivity index (χ1n) is 9.09. The van der Waals surface area contributed by atoms with Crippen LogP contribution in [0, 0.1) is 0 Å². The van der Waals surface area contributed by atoms with Crippen LogP contribution in [0.4, 0.5) is 0 Å². The van der Waals surface area contributed by atoms with Gasteiger partial charge in [0, 0.05) is 18.3 Å². The largest absolute Gasteiger partial charge is 0.491 e. The molecule has 3 heterocycles. The van der Waals surface area contributed by atoms with Gasteiger partial charge >= 0.3 is 0 Å². The van der Waals surface area contributed by atoms with E-state index in [1.54, 1.807) is 23.2 Å². The number of pyridine rings is 1. The van der Waals surface area contributed by atoms with Gasteiger partial charge in [-0.1, -0.05) is 35.5 Å². The average molecular weight is 380 g/mol. The van der Waals surface area contributed by atoms with Crippen molar-refractivity contribution < 1.29 is 14.1 Å². The van der Waals surface area contributed by atoms with Gasteiger partial charge in [-0.05, 0) is 25.0 Å². The molecule has 0 radical (unpaired) electrons. The van der Waals surface area contributed by atoms with Gasteiger partial charge in [-0.15, -0.1) is 0 Å². The second-order valence-electron chi connectivity index (χ2n) is 6.58. The minimum Gasteiger partial charge on any atom is -0.491 e. The normalized spacial score (nSPS) is 16.3. The molecular formula is C20H20N4O4. The summed E-state index contributed by atoms with van der Waals surface area (Å²) < 4.78 is 11.8. The van der Waals surface area contributed by atoms with Crippen molar-refractivity contribution in [3.63, 3.8) is 0 Å². The van der Waals surface area contributed by atoms with Crippen molar-refractivity contribution in [3.8, 4) is 17.1 Å². The summed E-state index contributed by atoms with van der Waals surface area (Å²) >= 11 is 0. The van der Waals surface area contributed by atoms with Crippen molar-refractivity contribution >= 4 is 5.91 Å². The molecule has 1 aliphatic rings. The zero-order chi connectivity index (χ0) is 19.5. The van der Waals surface area contributed by atoms with E-state index in [0.717, 1.165) is 18.4 Å². The topological polar surface area (TPSA) is 90.5 Å². The number of carbonyl (C=O) groups excluding carboxylic acids is 1. The summed E-state index contributed by atoms with van der Waals surface area (Å²) in [5.74, 6) is 0.955. The summed E-state index contributed by atoms with van der Waals surface area (Å²) in [6.07, 6.45) is 3.16. The Bertz CT molecular complexity index is 1030. The fourth-order valence-corrected chi connectivity index (χ4v) is 3.43. The molecule has 28 heavy (non-hydrogen) atoms. The number of hydrogen-bond donors (Lipinski definition) is 0. The van der Waals surface area contributed by atoms with Crippen LogP contribution < -0.4 is 10.3 Å². The Labute approximate surface area is 161 Å². The van der Waals surface area contributed by atoms with Crippen molar-refractivity contribution in [2.24, 2.45) is 0 Å². The van der Waals surface area contributed by atoms with Gasteiger partial charge in [-0.25, -0.2) is 0 Å². The van der Waals surface area contributed by atoms with Crippen molar-refractivity contribution in [3.05, 3.63) is 64.9 Å². The van der Waals surface area contributed by atoms with E-state index in [-0.39, 0.29) is 29.8 Å². The Balaban J connectivity index is 1.53. The lowest BCUT2D eigenvalue weighted by molar-refractivity contribution is -0.133. The van der Waals surface area contributed by atoms with Crippen molar-refractivity contribution in [2.75, 3.05) is 13.7 Å². The van der Waals surface area contributed by atoms with Gasteiger partial charge in [0.2, 0.25) is 17.6 Å². The summed E-state index contributed by atoms with van der Waals surface area (Å²) in [4.78, 5) is 31.3. The zero-order valence-electron chi connectivity index (χ0n) is 15.4. The molecule has 3 aromatic rings. The van der Waals surface area contributed by atoms with E-state index in [0.29, 0.717) is 18.3 Å². The third-order valence-electron chi connectivity index (χ3n) is 4.84. The first-order chi connectivity index (χ1) is 13.7. The molecule has 144 valence electrons. The Morgan fingerprint density at radius 3 is 2.86 bits per heavy atom. The van der Waals surface area contributed by atoms with E-state index in [1.807, 2.05) is 30.3 Å². The molecule has 0 aliphatic carbocycles. The number of likely N-dealkylation sites (tertiary alicyclic amines) is 1. The predicted octanol–water partition coefficient (Wildman–Crippen LogP) is 2.27.